The topological polar surface area (TPSA) is 36.3 Å². The van der Waals surface area contributed by atoms with Gasteiger partial charge in [0.15, 0.2) is 0 Å². The van der Waals surface area contributed by atoms with Gasteiger partial charge >= 0.3 is 0 Å². The van der Waals surface area contributed by atoms with E-state index in [0.717, 1.165) is 25.1 Å². The van der Waals surface area contributed by atoms with E-state index >= 15 is 0 Å². The Bertz CT molecular complexity index is 439. The first-order chi connectivity index (χ1) is 9.13. The molecule has 1 aromatic carbocycles. The van der Waals surface area contributed by atoms with Crippen LogP contribution < -0.4 is 0 Å². The fourth-order valence-corrected chi connectivity index (χ4v) is 2.73. The van der Waals surface area contributed by atoms with Gasteiger partial charge in [-0.15, -0.1) is 0 Å². The van der Waals surface area contributed by atoms with Crippen LogP contribution in [-0.4, -0.2) is 30.2 Å². The molecule has 1 aliphatic heterocycles. The van der Waals surface area contributed by atoms with Crippen molar-refractivity contribution in [3.63, 3.8) is 0 Å². The average molecular weight is 258 g/mol. The van der Waals surface area contributed by atoms with Gasteiger partial charge in [-0.05, 0) is 31.4 Å². The van der Waals surface area contributed by atoms with Gasteiger partial charge in [0.05, 0.1) is 18.3 Å². The van der Waals surface area contributed by atoms with Crippen LogP contribution in [0, 0.1) is 11.3 Å². The first-order valence-electron chi connectivity index (χ1n) is 7.02. The third-order valence-corrected chi connectivity index (χ3v) is 3.64. The van der Waals surface area contributed by atoms with E-state index in [0.29, 0.717) is 0 Å². The normalized spacial score (nSPS) is 25.8. The second-order valence-electron chi connectivity index (χ2n) is 5.34. The molecule has 3 heteroatoms. The summed E-state index contributed by atoms with van der Waals surface area (Å²) >= 11 is 0. The van der Waals surface area contributed by atoms with Gasteiger partial charge in [-0.1, -0.05) is 31.2 Å². The SMILES string of the molecule is CCc1ccc(C(C#N)N2CC(C)OC(C)C2)cc1. The average Bonchev–Trinajstić information content (AvgIpc) is 2.39. The van der Waals surface area contributed by atoms with Gasteiger partial charge in [0.1, 0.15) is 6.04 Å². The first-order valence-corrected chi connectivity index (χ1v) is 7.02. The molecule has 3 unspecified atom stereocenters. The molecule has 0 radical (unpaired) electrons. The molecule has 0 spiro atoms. The first kappa shape index (κ1) is 14.0. The van der Waals surface area contributed by atoms with Crippen LogP contribution in [0.3, 0.4) is 0 Å². The van der Waals surface area contributed by atoms with Crippen molar-refractivity contribution in [2.45, 2.75) is 45.4 Å². The Morgan fingerprint density at radius 2 is 1.84 bits per heavy atom. The second-order valence-corrected chi connectivity index (χ2v) is 5.34. The predicted molar refractivity (Wildman–Crippen MR) is 75.8 cm³/mol. The lowest BCUT2D eigenvalue weighted by Crippen LogP contribution is -2.46. The summed E-state index contributed by atoms with van der Waals surface area (Å²) in [5.41, 5.74) is 2.39. The molecule has 1 aromatic rings. The van der Waals surface area contributed by atoms with E-state index in [9.17, 15) is 5.26 Å². The molecular weight excluding hydrogens is 236 g/mol. The standard InChI is InChI=1S/C16H22N2O/c1-4-14-5-7-15(8-6-14)16(9-17)18-10-12(2)19-13(3)11-18/h5-8,12-13,16H,4,10-11H2,1-3H3. The Labute approximate surface area is 115 Å². The molecule has 2 rings (SSSR count). The number of benzene rings is 1. The number of morpholine rings is 1. The molecule has 0 aliphatic carbocycles. The predicted octanol–water partition coefficient (Wildman–Crippen LogP) is 2.92. The van der Waals surface area contributed by atoms with Gasteiger partial charge in [0.2, 0.25) is 0 Å². The van der Waals surface area contributed by atoms with Gasteiger partial charge in [0, 0.05) is 13.1 Å². The highest BCUT2D eigenvalue weighted by molar-refractivity contribution is 5.28. The van der Waals surface area contributed by atoms with Crippen LogP contribution >= 0.6 is 0 Å². The number of hydrogen-bond donors (Lipinski definition) is 0. The molecule has 1 fully saturated rings. The maximum atomic E-state index is 9.50. The van der Waals surface area contributed by atoms with Crippen molar-refractivity contribution in [2.75, 3.05) is 13.1 Å². The molecule has 0 amide bonds. The van der Waals surface area contributed by atoms with Gasteiger partial charge in [-0.2, -0.15) is 5.26 Å². The van der Waals surface area contributed by atoms with E-state index in [1.165, 1.54) is 5.56 Å². The van der Waals surface area contributed by atoms with Crippen molar-refractivity contribution < 1.29 is 4.74 Å². The number of ether oxygens (including phenoxy) is 1. The van der Waals surface area contributed by atoms with E-state index in [1.807, 2.05) is 0 Å². The minimum absolute atomic E-state index is 0.167. The summed E-state index contributed by atoms with van der Waals surface area (Å²) in [4.78, 5) is 2.22. The molecule has 0 aromatic heterocycles. The summed E-state index contributed by atoms with van der Waals surface area (Å²) in [6, 6.07) is 10.7. The Kier molecular flexibility index (Phi) is 4.57. The molecule has 1 saturated heterocycles. The number of rotatable bonds is 3. The molecule has 19 heavy (non-hydrogen) atoms. The number of nitrogens with zero attached hydrogens (tertiary/aromatic N) is 2. The van der Waals surface area contributed by atoms with Crippen molar-refractivity contribution in [3.05, 3.63) is 35.4 Å². The van der Waals surface area contributed by atoms with Gasteiger partial charge in [-0.25, -0.2) is 0 Å². The van der Waals surface area contributed by atoms with E-state index < -0.39 is 0 Å². The quantitative estimate of drug-likeness (QED) is 0.836. The van der Waals surface area contributed by atoms with Crippen LogP contribution in [-0.2, 0) is 11.2 Å². The molecule has 3 atom stereocenters. The number of nitriles is 1. The number of aryl methyl sites for hydroxylation is 1. The summed E-state index contributed by atoms with van der Waals surface area (Å²) in [5.74, 6) is 0. The highest BCUT2D eigenvalue weighted by Crippen LogP contribution is 2.24. The molecule has 1 heterocycles. The lowest BCUT2D eigenvalue weighted by Gasteiger charge is -2.37. The molecule has 3 nitrogen and oxygen atoms in total. The lowest BCUT2D eigenvalue weighted by atomic mass is 10.0. The molecule has 102 valence electrons. The van der Waals surface area contributed by atoms with Gasteiger partial charge < -0.3 is 4.74 Å². The summed E-state index contributed by atoms with van der Waals surface area (Å²) in [6.07, 6.45) is 1.41. The van der Waals surface area contributed by atoms with Crippen molar-refractivity contribution in [1.82, 2.24) is 4.90 Å². The third-order valence-electron chi connectivity index (χ3n) is 3.64. The second kappa shape index (κ2) is 6.18. The minimum Gasteiger partial charge on any atom is -0.373 e. The molecule has 1 aliphatic rings. The molecule has 0 N–H and O–H groups in total. The van der Waals surface area contributed by atoms with E-state index in [2.05, 4.69) is 56.0 Å². The van der Waals surface area contributed by atoms with Crippen molar-refractivity contribution in [2.24, 2.45) is 0 Å². The zero-order valence-electron chi connectivity index (χ0n) is 12.0. The zero-order valence-corrected chi connectivity index (χ0v) is 12.0. The van der Waals surface area contributed by atoms with Crippen LogP contribution in [0.1, 0.15) is 37.9 Å². The maximum absolute atomic E-state index is 9.50. The van der Waals surface area contributed by atoms with Crippen molar-refractivity contribution >= 4 is 0 Å². The number of hydrogen-bond acceptors (Lipinski definition) is 3. The minimum atomic E-state index is -0.167. The highest BCUT2D eigenvalue weighted by Gasteiger charge is 2.28. The van der Waals surface area contributed by atoms with Crippen LogP contribution in [0.2, 0.25) is 0 Å². The summed E-state index contributed by atoms with van der Waals surface area (Å²) in [5, 5.41) is 9.50. The van der Waals surface area contributed by atoms with Gasteiger partial charge in [0.25, 0.3) is 0 Å². The fraction of sp³-hybridized carbons (Fsp3) is 0.562. The summed E-state index contributed by atoms with van der Waals surface area (Å²) in [6.45, 7) is 7.91. The van der Waals surface area contributed by atoms with E-state index in [4.69, 9.17) is 4.74 Å². The van der Waals surface area contributed by atoms with Crippen LogP contribution in [0.15, 0.2) is 24.3 Å². The molecule has 0 saturated carbocycles. The smallest absolute Gasteiger partial charge is 0.124 e. The van der Waals surface area contributed by atoms with Crippen molar-refractivity contribution in [3.8, 4) is 6.07 Å². The molecule has 0 bridgehead atoms. The van der Waals surface area contributed by atoms with Crippen molar-refractivity contribution in [1.29, 1.82) is 5.26 Å². The van der Waals surface area contributed by atoms with Crippen LogP contribution in [0.4, 0.5) is 0 Å². The Balaban J connectivity index is 2.16. The third kappa shape index (κ3) is 3.34. The van der Waals surface area contributed by atoms with Crippen LogP contribution in [0.25, 0.3) is 0 Å². The summed E-state index contributed by atoms with van der Waals surface area (Å²) in [7, 11) is 0. The Morgan fingerprint density at radius 1 is 1.26 bits per heavy atom. The Hall–Kier alpha value is -1.37. The van der Waals surface area contributed by atoms with E-state index in [1.54, 1.807) is 0 Å². The molecular formula is C16H22N2O. The zero-order chi connectivity index (χ0) is 13.8. The maximum Gasteiger partial charge on any atom is 0.124 e. The lowest BCUT2D eigenvalue weighted by molar-refractivity contribution is -0.0750. The fourth-order valence-electron chi connectivity index (χ4n) is 2.73. The Morgan fingerprint density at radius 3 is 2.32 bits per heavy atom. The largest absolute Gasteiger partial charge is 0.373 e. The van der Waals surface area contributed by atoms with Gasteiger partial charge in [-0.3, -0.25) is 4.90 Å². The summed E-state index contributed by atoms with van der Waals surface area (Å²) < 4.78 is 5.73. The van der Waals surface area contributed by atoms with E-state index in [-0.39, 0.29) is 18.2 Å². The monoisotopic (exact) mass is 258 g/mol. The van der Waals surface area contributed by atoms with Crippen LogP contribution in [0.5, 0.6) is 0 Å². The highest BCUT2D eigenvalue weighted by atomic mass is 16.5.